The van der Waals surface area contributed by atoms with Gasteiger partial charge >= 0.3 is 0 Å². The quantitative estimate of drug-likeness (QED) is 0.637. The average molecular weight is 319 g/mol. The van der Waals surface area contributed by atoms with Crippen LogP contribution in [0.2, 0.25) is 0 Å². The molecular formula is C16H17NO4S. The van der Waals surface area contributed by atoms with Crippen LogP contribution in [0, 0.1) is 0 Å². The van der Waals surface area contributed by atoms with Gasteiger partial charge in [0.1, 0.15) is 6.61 Å². The lowest BCUT2D eigenvalue weighted by molar-refractivity contribution is -0.698. The Morgan fingerprint density at radius 3 is 2.32 bits per heavy atom. The summed E-state index contributed by atoms with van der Waals surface area (Å²) in [6.45, 7) is 0.476. The van der Waals surface area contributed by atoms with Crippen molar-refractivity contribution in [2.75, 3.05) is 12.4 Å². The van der Waals surface area contributed by atoms with Crippen molar-refractivity contribution >= 4 is 21.8 Å². The number of benzene rings is 1. The van der Waals surface area contributed by atoms with Crippen molar-refractivity contribution in [1.82, 2.24) is 0 Å². The number of pyridine rings is 1. The summed E-state index contributed by atoms with van der Waals surface area (Å²) in [4.78, 5) is 0. The summed E-state index contributed by atoms with van der Waals surface area (Å²) in [6.07, 6.45) is 5.17. The first kappa shape index (κ1) is 16.4. The fourth-order valence-corrected chi connectivity index (χ4v) is 2.72. The Balaban J connectivity index is 2.38. The first-order chi connectivity index (χ1) is 10.5. The minimum atomic E-state index is -4.38. The molecule has 2 rings (SSSR count). The van der Waals surface area contributed by atoms with Crippen LogP contribution in [-0.4, -0.2) is 30.4 Å². The van der Waals surface area contributed by atoms with Gasteiger partial charge in [0.25, 0.3) is 0 Å². The summed E-state index contributed by atoms with van der Waals surface area (Å²) in [5.74, 6) is -0.564. The van der Waals surface area contributed by atoms with E-state index in [4.69, 9.17) is 5.11 Å². The number of rotatable bonds is 6. The normalized spacial score (nSPS) is 12.4. The Bertz CT molecular complexity index is 737. The van der Waals surface area contributed by atoms with Crippen LogP contribution in [0.3, 0.4) is 0 Å². The fourth-order valence-electron chi connectivity index (χ4n) is 2.09. The maximum Gasteiger partial charge on any atom is 0.171 e. The van der Waals surface area contributed by atoms with Crippen LogP contribution in [-0.2, 0) is 16.7 Å². The zero-order valence-corrected chi connectivity index (χ0v) is 12.7. The van der Waals surface area contributed by atoms with Gasteiger partial charge < -0.3 is 9.66 Å². The molecule has 1 aromatic carbocycles. The number of hydrogen-bond acceptors (Lipinski definition) is 4. The Kier molecular flexibility index (Phi) is 5.43. The molecule has 0 aliphatic heterocycles. The summed E-state index contributed by atoms with van der Waals surface area (Å²) in [7, 11) is -4.38. The summed E-state index contributed by atoms with van der Waals surface area (Å²) in [5, 5.41) is 8.89. The molecule has 0 spiro atoms. The molecule has 0 fully saturated rings. The molecule has 0 saturated heterocycles. The number of nitrogens with zero attached hydrogens (tertiary/aromatic N) is 1. The zero-order chi connectivity index (χ0) is 16.0. The summed E-state index contributed by atoms with van der Waals surface area (Å²) < 4.78 is 35.2. The van der Waals surface area contributed by atoms with E-state index in [0.29, 0.717) is 17.7 Å². The van der Waals surface area contributed by atoms with E-state index in [9.17, 15) is 13.0 Å². The summed E-state index contributed by atoms with van der Waals surface area (Å²) in [6, 6.07) is 12.7. The van der Waals surface area contributed by atoms with Crippen molar-refractivity contribution < 1.29 is 22.6 Å². The van der Waals surface area contributed by atoms with Crippen molar-refractivity contribution in [3.63, 3.8) is 0 Å². The van der Waals surface area contributed by atoms with Crippen LogP contribution in [0.25, 0.3) is 11.6 Å². The highest BCUT2D eigenvalue weighted by atomic mass is 32.2. The maximum absolute atomic E-state index is 11.1. The van der Waals surface area contributed by atoms with Gasteiger partial charge in [-0.05, 0) is 16.7 Å². The smallest absolute Gasteiger partial charge is 0.171 e. The molecule has 0 unspecified atom stereocenters. The van der Waals surface area contributed by atoms with Gasteiger partial charge in [-0.3, -0.25) is 0 Å². The maximum atomic E-state index is 11.1. The number of aliphatic hydroxyl groups excluding tert-OH is 1. The number of aliphatic hydroxyl groups is 1. The third-order valence-electron chi connectivity index (χ3n) is 3.09. The second-order valence-electron chi connectivity index (χ2n) is 4.83. The van der Waals surface area contributed by atoms with Crippen molar-refractivity contribution in [2.24, 2.45) is 0 Å². The van der Waals surface area contributed by atoms with Gasteiger partial charge in [0.2, 0.25) is 0 Å². The van der Waals surface area contributed by atoms with Crippen LogP contribution in [0.4, 0.5) is 0 Å². The molecular weight excluding hydrogens is 302 g/mol. The molecule has 0 saturated carbocycles. The van der Waals surface area contributed by atoms with Gasteiger partial charge in [-0.15, -0.1) is 0 Å². The second kappa shape index (κ2) is 7.31. The summed E-state index contributed by atoms with van der Waals surface area (Å²) in [5.41, 5.74) is 1.93. The molecule has 0 atom stereocenters. The lowest BCUT2D eigenvalue weighted by atomic mass is 10.1. The minimum absolute atomic E-state index is 0.0195. The van der Waals surface area contributed by atoms with Gasteiger partial charge in [-0.1, -0.05) is 36.4 Å². The van der Waals surface area contributed by atoms with Crippen LogP contribution in [0.5, 0.6) is 0 Å². The molecule has 1 aromatic heterocycles. The molecule has 22 heavy (non-hydrogen) atoms. The Labute approximate surface area is 129 Å². The van der Waals surface area contributed by atoms with E-state index < -0.39 is 15.9 Å². The van der Waals surface area contributed by atoms with Crippen LogP contribution < -0.4 is 4.57 Å². The molecule has 116 valence electrons. The van der Waals surface area contributed by atoms with Crippen molar-refractivity contribution in [2.45, 2.75) is 6.54 Å². The summed E-state index contributed by atoms with van der Waals surface area (Å²) >= 11 is 0. The molecule has 0 aliphatic carbocycles. The van der Waals surface area contributed by atoms with Crippen molar-refractivity contribution in [3.8, 4) is 0 Å². The topological polar surface area (TPSA) is 81.3 Å². The highest BCUT2D eigenvalue weighted by Crippen LogP contribution is 2.19. The molecule has 0 amide bonds. The Morgan fingerprint density at radius 2 is 1.77 bits per heavy atom. The van der Waals surface area contributed by atoms with Crippen LogP contribution >= 0.6 is 0 Å². The van der Waals surface area contributed by atoms with Crippen molar-refractivity contribution in [1.29, 1.82) is 0 Å². The minimum Gasteiger partial charge on any atom is -0.748 e. The van der Waals surface area contributed by atoms with Gasteiger partial charge in [-0.2, -0.15) is 0 Å². The number of hydrogen-bond donors (Lipinski definition) is 1. The molecule has 0 bridgehead atoms. The van der Waals surface area contributed by atoms with Gasteiger partial charge in [0.05, 0.1) is 15.9 Å². The predicted octanol–water partition coefficient (Wildman–Crippen LogP) is 1.05. The van der Waals surface area contributed by atoms with E-state index in [-0.39, 0.29) is 6.61 Å². The molecule has 1 heterocycles. The zero-order valence-electron chi connectivity index (χ0n) is 11.9. The average Bonchev–Trinajstić information content (AvgIpc) is 2.47. The van der Waals surface area contributed by atoms with E-state index in [1.165, 1.54) is 0 Å². The fraction of sp³-hybridized carbons (Fsp3) is 0.188. The first-order valence-corrected chi connectivity index (χ1v) is 8.35. The van der Waals surface area contributed by atoms with E-state index in [2.05, 4.69) is 0 Å². The first-order valence-electron chi connectivity index (χ1n) is 6.77. The third-order valence-corrected chi connectivity index (χ3v) is 3.76. The van der Waals surface area contributed by atoms with Crippen molar-refractivity contribution in [3.05, 3.63) is 66.0 Å². The molecule has 0 aliphatic rings. The van der Waals surface area contributed by atoms with E-state index in [0.717, 1.165) is 5.56 Å². The van der Waals surface area contributed by atoms with E-state index in [1.54, 1.807) is 35.2 Å². The van der Waals surface area contributed by atoms with Gasteiger partial charge in [0.15, 0.2) is 18.9 Å². The second-order valence-corrected chi connectivity index (χ2v) is 6.23. The van der Waals surface area contributed by atoms with Crippen LogP contribution in [0.1, 0.15) is 11.1 Å². The molecule has 1 N–H and O–H groups in total. The van der Waals surface area contributed by atoms with Gasteiger partial charge in [-0.25, -0.2) is 13.0 Å². The van der Waals surface area contributed by atoms with Crippen LogP contribution in [0.15, 0.2) is 54.9 Å². The monoisotopic (exact) mass is 319 g/mol. The Morgan fingerprint density at radius 1 is 1.14 bits per heavy atom. The highest BCUT2D eigenvalue weighted by Gasteiger charge is 2.09. The number of aromatic nitrogens is 1. The lowest BCUT2D eigenvalue weighted by Gasteiger charge is -2.11. The molecule has 0 radical (unpaired) electrons. The highest BCUT2D eigenvalue weighted by molar-refractivity contribution is 7.86. The molecule has 6 heteroatoms. The van der Waals surface area contributed by atoms with E-state index in [1.807, 2.05) is 30.3 Å². The van der Waals surface area contributed by atoms with Gasteiger partial charge in [0, 0.05) is 12.1 Å². The molecule has 5 nitrogen and oxygen atoms in total. The largest absolute Gasteiger partial charge is 0.748 e. The molecule has 2 aromatic rings. The lowest BCUT2D eigenvalue weighted by Crippen LogP contribution is -2.34. The standard InChI is InChI=1S/C16H17NO4S/c18-11-10-17-8-6-15(7-9-17)16(13-22(19,20)21)12-14-4-2-1-3-5-14/h1-9,12,18H,10-11,13H2/b16-12+. The van der Waals surface area contributed by atoms with E-state index >= 15 is 0 Å². The SMILES string of the molecule is O=S(=O)([O-])C/C(=C\c1ccccc1)c1cc[n+](CCO)cc1. The third kappa shape index (κ3) is 5.07. The predicted molar refractivity (Wildman–Crippen MR) is 82.6 cm³/mol. The Hall–Kier alpha value is -2.02.